The van der Waals surface area contributed by atoms with E-state index < -0.39 is 12.7 Å². The number of benzene rings is 1. The lowest BCUT2D eigenvalue weighted by Gasteiger charge is -2.25. The number of rotatable bonds is 5. The fourth-order valence-corrected chi connectivity index (χ4v) is 2.19. The van der Waals surface area contributed by atoms with Gasteiger partial charge in [-0.05, 0) is 31.0 Å². The van der Waals surface area contributed by atoms with Crippen LogP contribution < -0.4 is 15.4 Å². The summed E-state index contributed by atoms with van der Waals surface area (Å²) in [6, 6.07) is 5.61. The average Bonchev–Trinajstić information content (AvgIpc) is 2.42. The van der Waals surface area contributed by atoms with Crippen LogP contribution in [0.3, 0.4) is 0 Å². The smallest absolute Gasteiger partial charge is 0.387 e. The molecule has 1 saturated heterocycles. The van der Waals surface area contributed by atoms with Gasteiger partial charge in [0, 0.05) is 12.5 Å². The molecule has 0 bridgehead atoms. The third kappa shape index (κ3) is 4.22. The van der Waals surface area contributed by atoms with Gasteiger partial charge in [-0.25, -0.2) is 0 Å². The number of carbonyl (C=O) groups is 2. The Hall–Kier alpha value is -2.02. The van der Waals surface area contributed by atoms with Crippen LogP contribution >= 0.6 is 0 Å². The number of ether oxygens (including phenoxy) is 1. The summed E-state index contributed by atoms with van der Waals surface area (Å²) < 4.78 is 28.4. The van der Waals surface area contributed by atoms with Crippen molar-refractivity contribution >= 4 is 11.8 Å². The van der Waals surface area contributed by atoms with Gasteiger partial charge < -0.3 is 4.74 Å². The molecule has 2 amide bonds. The topological polar surface area (TPSA) is 67.4 Å². The van der Waals surface area contributed by atoms with Crippen molar-refractivity contribution in [2.45, 2.75) is 38.5 Å². The molecule has 1 fully saturated rings. The molecule has 1 aromatic rings. The van der Waals surface area contributed by atoms with Crippen LogP contribution in [0.25, 0.3) is 0 Å². The molecular weight excluding hydrogens is 282 g/mol. The van der Waals surface area contributed by atoms with Gasteiger partial charge in [-0.1, -0.05) is 12.1 Å². The fourth-order valence-electron chi connectivity index (χ4n) is 2.19. The summed E-state index contributed by atoms with van der Waals surface area (Å²) >= 11 is 0. The minimum absolute atomic E-state index is 0.0851. The fraction of sp³-hybridized carbons (Fsp3) is 0.429. The van der Waals surface area contributed by atoms with E-state index in [4.69, 9.17) is 0 Å². The van der Waals surface area contributed by atoms with Crippen molar-refractivity contribution in [3.8, 4) is 5.75 Å². The van der Waals surface area contributed by atoms with Crippen molar-refractivity contribution in [3.63, 3.8) is 0 Å². The number of carbonyl (C=O) groups excluding carboxylic acids is 2. The van der Waals surface area contributed by atoms with Crippen LogP contribution in [0.15, 0.2) is 24.3 Å². The maximum atomic E-state index is 12.1. The molecule has 1 aliphatic heterocycles. The van der Waals surface area contributed by atoms with Crippen LogP contribution in [0.2, 0.25) is 0 Å². The van der Waals surface area contributed by atoms with E-state index in [-0.39, 0.29) is 23.6 Å². The molecule has 2 N–H and O–H groups in total. The monoisotopic (exact) mass is 298 g/mol. The van der Waals surface area contributed by atoms with E-state index in [1.807, 2.05) is 6.92 Å². The highest BCUT2D eigenvalue weighted by Gasteiger charge is 2.27. The van der Waals surface area contributed by atoms with Gasteiger partial charge in [0.2, 0.25) is 11.8 Å². The van der Waals surface area contributed by atoms with Crippen LogP contribution in [-0.4, -0.2) is 24.5 Å². The first-order valence-electron chi connectivity index (χ1n) is 6.60. The first-order valence-corrected chi connectivity index (χ1v) is 6.60. The summed E-state index contributed by atoms with van der Waals surface area (Å²) in [6.45, 7) is -0.998. The van der Waals surface area contributed by atoms with Crippen molar-refractivity contribution in [1.82, 2.24) is 10.6 Å². The van der Waals surface area contributed by atoms with Gasteiger partial charge in [0.05, 0.1) is 6.04 Å². The van der Waals surface area contributed by atoms with E-state index in [1.54, 1.807) is 12.1 Å². The highest BCUT2D eigenvalue weighted by Crippen LogP contribution is 2.20. The Kier molecular flexibility index (Phi) is 4.85. The Bertz CT molecular complexity index is 519. The van der Waals surface area contributed by atoms with E-state index in [1.165, 1.54) is 12.1 Å². The van der Waals surface area contributed by atoms with E-state index in [0.29, 0.717) is 12.8 Å². The summed E-state index contributed by atoms with van der Waals surface area (Å²) in [5, 5.41) is 5.39. The quantitative estimate of drug-likeness (QED) is 0.813. The molecule has 2 atom stereocenters. The molecule has 0 aliphatic carbocycles. The van der Waals surface area contributed by atoms with Crippen LogP contribution in [0.1, 0.15) is 31.4 Å². The van der Waals surface area contributed by atoms with Crippen molar-refractivity contribution in [3.05, 3.63) is 29.8 Å². The van der Waals surface area contributed by atoms with E-state index >= 15 is 0 Å². The summed E-state index contributed by atoms with van der Waals surface area (Å²) in [5.41, 5.74) is 0.835. The molecule has 0 radical (unpaired) electrons. The number of nitrogens with one attached hydrogen (secondary N) is 2. The highest BCUT2D eigenvalue weighted by molar-refractivity contribution is 6.00. The predicted molar refractivity (Wildman–Crippen MR) is 70.8 cm³/mol. The molecule has 0 saturated carbocycles. The molecular formula is C14H16F2N2O3. The van der Waals surface area contributed by atoms with Crippen LogP contribution in [0.5, 0.6) is 5.75 Å². The molecule has 1 aliphatic rings. The zero-order chi connectivity index (χ0) is 15.4. The molecule has 5 nitrogen and oxygen atoms in total. The first kappa shape index (κ1) is 15.4. The van der Waals surface area contributed by atoms with Gasteiger partial charge in [0.1, 0.15) is 5.75 Å². The third-order valence-corrected chi connectivity index (χ3v) is 3.30. The normalized spacial score (nSPS) is 20.3. The van der Waals surface area contributed by atoms with Crippen molar-refractivity contribution in [2.24, 2.45) is 0 Å². The predicted octanol–water partition coefficient (Wildman–Crippen LogP) is 1.74. The largest absolute Gasteiger partial charge is 0.435 e. The first-order chi connectivity index (χ1) is 9.95. The van der Waals surface area contributed by atoms with Gasteiger partial charge in [0.25, 0.3) is 0 Å². The summed E-state index contributed by atoms with van der Waals surface area (Å²) in [5.74, 6) is -0.517. The lowest BCUT2D eigenvalue weighted by Crippen LogP contribution is -2.51. The van der Waals surface area contributed by atoms with Gasteiger partial charge in [-0.2, -0.15) is 8.78 Å². The molecule has 1 heterocycles. The summed E-state index contributed by atoms with van der Waals surface area (Å²) in [7, 11) is 0. The van der Waals surface area contributed by atoms with Gasteiger partial charge in [-0.3, -0.25) is 20.2 Å². The second-order valence-electron chi connectivity index (χ2n) is 4.84. The second kappa shape index (κ2) is 6.62. The maximum Gasteiger partial charge on any atom is 0.387 e. The average molecular weight is 298 g/mol. The number of hydrogen-bond donors (Lipinski definition) is 2. The van der Waals surface area contributed by atoms with E-state index in [9.17, 15) is 18.4 Å². The Morgan fingerprint density at radius 2 is 1.95 bits per heavy atom. The van der Waals surface area contributed by atoms with Gasteiger partial charge in [0.15, 0.2) is 0 Å². The molecule has 0 aromatic heterocycles. The number of halogens is 2. The molecule has 114 valence electrons. The molecule has 2 rings (SSSR count). The number of alkyl halides is 2. The molecule has 1 aromatic carbocycles. The Morgan fingerprint density at radius 1 is 1.29 bits per heavy atom. The summed E-state index contributed by atoms with van der Waals surface area (Å²) in [6.07, 6.45) is 0.749. The standard InChI is InChI=1S/C14H16F2N2O3/c1-8(17-11-6-7-12(19)18-13(11)20)9-2-4-10(5-3-9)21-14(15)16/h2-5,8,11,14,17H,6-7H2,1H3,(H,18,19,20). The van der Waals surface area contributed by atoms with E-state index in [2.05, 4.69) is 15.4 Å². The summed E-state index contributed by atoms with van der Waals surface area (Å²) in [4.78, 5) is 22.7. The Balaban J connectivity index is 1.95. The zero-order valence-corrected chi connectivity index (χ0v) is 11.4. The Labute approximate surface area is 120 Å². The highest BCUT2D eigenvalue weighted by atomic mass is 19.3. The van der Waals surface area contributed by atoms with Gasteiger partial charge in [-0.15, -0.1) is 0 Å². The number of piperidine rings is 1. The SMILES string of the molecule is CC(NC1CCC(=O)NC1=O)c1ccc(OC(F)F)cc1. The van der Waals surface area contributed by atoms with E-state index in [0.717, 1.165) is 5.56 Å². The van der Waals surface area contributed by atoms with Gasteiger partial charge >= 0.3 is 6.61 Å². The van der Waals surface area contributed by atoms with Crippen molar-refractivity contribution in [1.29, 1.82) is 0 Å². The van der Waals surface area contributed by atoms with Crippen LogP contribution in [0, 0.1) is 0 Å². The lowest BCUT2D eigenvalue weighted by atomic mass is 10.0. The number of imide groups is 1. The lowest BCUT2D eigenvalue weighted by molar-refractivity contribution is -0.134. The van der Waals surface area contributed by atoms with Crippen molar-refractivity contribution < 1.29 is 23.1 Å². The molecule has 0 spiro atoms. The minimum atomic E-state index is -2.85. The Morgan fingerprint density at radius 3 is 2.52 bits per heavy atom. The molecule has 21 heavy (non-hydrogen) atoms. The molecule has 2 unspecified atom stereocenters. The zero-order valence-electron chi connectivity index (χ0n) is 11.4. The molecule has 7 heteroatoms. The number of amides is 2. The third-order valence-electron chi connectivity index (χ3n) is 3.30. The van der Waals surface area contributed by atoms with Crippen molar-refractivity contribution in [2.75, 3.05) is 0 Å². The minimum Gasteiger partial charge on any atom is -0.435 e. The van der Waals surface area contributed by atoms with Crippen LogP contribution in [-0.2, 0) is 9.59 Å². The van der Waals surface area contributed by atoms with Crippen LogP contribution in [0.4, 0.5) is 8.78 Å². The maximum absolute atomic E-state index is 12.1. The second-order valence-corrected chi connectivity index (χ2v) is 4.84. The number of hydrogen-bond acceptors (Lipinski definition) is 4.